The third kappa shape index (κ3) is 7.18. The lowest BCUT2D eigenvalue weighted by molar-refractivity contribution is -0.149. The second-order valence-corrected chi connectivity index (χ2v) is 8.78. The van der Waals surface area contributed by atoms with Crippen LogP contribution >= 0.6 is 35.0 Å². The van der Waals surface area contributed by atoms with Crippen LogP contribution in [0.5, 0.6) is 11.5 Å². The smallest absolute Gasteiger partial charge is 0.329 e. The third-order valence-electron chi connectivity index (χ3n) is 4.55. The van der Waals surface area contributed by atoms with Gasteiger partial charge in [0.1, 0.15) is 19.3 Å². The average Bonchev–Trinajstić information content (AvgIpc) is 2.80. The van der Waals surface area contributed by atoms with E-state index in [0.717, 1.165) is 0 Å². The molecule has 176 valence electrons. The molecular weight excluding hydrogens is 491 g/mol. The number of carbonyl (C=O) groups is 3. The number of amides is 2. The first-order chi connectivity index (χ1) is 15.9. The second-order valence-electron chi connectivity index (χ2n) is 6.95. The van der Waals surface area contributed by atoms with E-state index in [1.54, 1.807) is 18.2 Å². The van der Waals surface area contributed by atoms with Crippen LogP contribution in [0.25, 0.3) is 0 Å². The van der Waals surface area contributed by atoms with Gasteiger partial charge in [-0.05, 0) is 48.8 Å². The van der Waals surface area contributed by atoms with Crippen molar-refractivity contribution < 1.29 is 28.6 Å². The Bertz CT molecular complexity index is 1040. The zero-order valence-electron chi connectivity index (χ0n) is 17.7. The van der Waals surface area contributed by atoms with Gasteiger partial charge in [-0.15, -0.1) is 0 Å². The number of rotatable bonds is 9. The first-order valence-corrected chi connectivity index (χ1v) is 12.1. The highest BCUT2D eigenvalue weighted by molar-refractivity contribution is 7.98. The van der Waals surface area contributed by atoms with E-state index in [1.165, 1.54) is 30.0 Å². The molecule has 0 bridgehead atoms. The summed E-state index contributed by atoms with van der Waals surface area (Å²) in [4.78, 5) is 37.4. The summed E-state index contributed by atoms with van der Waals surface area (Å²) in [5, 5.41) is 5.81. The molecule has 1 aliphatic rings. The molecule has 0 radical (unpaired) electrons. The molecule has 0 aromatic heterocycles. The summed E-state index contributed by atoms with van der Waals surface area (Å²) < 4.78 is 16.1. The van der Waals surface area contributed by atoms with E-state index >= 15 is 0 Å². The van der Waals surface area contributed by atoms with Gasteiger partial charge >= 0.3 is 5.97 Å². The van der Waals surface area contributed by atoms with E-state index in [-0.39, 0.29) is 10.6 Å². The van der Waals surface area contributed by atoms with Crippen LogP contribution in [-0.2, 0) is 14.3 Å². The first kappa shape index (κ1) is 25.0. The second kappa shape index (κ2) is 12.0. The monoisotopic (exact) mass is 512 g/mol. The molecule has 11 heteroatoms. The van der Waals surface area contributed by atoms with Crippen molar-refractivity contribution in [3.05, 3.63) is 52.0 Å². The minimum atomic E-state index is -0.946. The lowest BCUT2D eigenvalue weighted by atomic mass is 10.1. The van der Waals surface area contributed by atoms with Crippen molar-refractivity contribution in [2.24, 2.45) is 0 Å². The Morgan fingerprint density at radius 3 is 2.58 bits per heavy atom. The van der Waals surface area contributed by atoms with Crippen LogP contribution in [0, 0.1) is 0 Å². The Balaban J connectivity index is 1.56. The van der Waals surface area contributed by atoms with Crippen molar-refractivity contribution in [3.63, 3.8) is 0 Å². The zero-order valence-corrected chi connectivity index (χ0v) is 20.0. The van der Waals surface area contributed by atoms with E-state index in [0.29, 0.717) is 47.6 Å². The molecule has 2 amide bonds. The number of halogens is 2. The summed E-state index contributed by atoms with van der Waals surface area (Å²) in [6.07, 6.45) is 2.20. The molecule has 0 saturated carbocycles. The van der Waals surface area contributed by atoms with Crippen LogP contribution in [0.3, 0.4) is 0 Å². The fourth-order valence-corrected chi connectivity index (χ4v) is 3.92. The predicted octanol–water partition coefficient (Wildman–Crippen LogP) is 3.80. The van der Waals surface area contributed by atoms with Crippen LogP contribution in [-0.4, -0.2) is 55.7 Å². The summed E-state index contributed by atoms with van der Waals surface area (Å²) in [7, 11) is 0. The molecule has 1 heterocycles. The maximum atomic E-state index is 12.6. The highest BCUT2D eigenvalue weighted by Crippen LogP contribution is 2.32. The maximum absolute atomic E-state index is 12.6. The van der Waals surface area contributed by atoms with E-state index in [4.69, 9.17) is 37.4 Å². The highest BCUT2D eigenvalue weighted by Gasteiger charge is 2.24. The van der Waals surface area contributed by atoms with Crippen molar-refractivity contribution in [1.29, 1.82) is 0 Å². The normalized spacial score (nSPS) is 13.1. The summed E-state index contributed by atoms with van der Waals surface area (Å²) >= 11 is 13.5. The number of fused-ring (bicyclic) bond motifs is 1. The molecule has 2 aromatic carbocycles. The number of ether oxygens (including phenoxy) is 3. The lowest BCUT2D eigenvalue weighted by Gasteiger charge is -2.19. The SMILES string of the molecule is CSCCC(NC(=O)c1ccc(Cl)cc1Cl)C(=O)OCC(=O)Nc1ccc2c(c1)OCCO2. The van der Waals surface area contributed by atoms with Crippen molar-refractivity contribution in [3.8, 4) is 11.5 Å². The van der Waals surface area contributed by atoms with Crippen LogP contribution < -0.4 is 20.1 Å². The first-order valence-electron chi connectivity index (χ1n) is 9.98. The van der Waals surface area contributed by atoms with Gasteiger partial charge in [0.25, 0.3) is 11.8 Å². The Kier molecular flexibility index (Phi) is 9.11. The van der Waals surface area contributed by atoms with Crippen molar-refractivity contribution in [2.45, 2.75) is 12.5 Å². The van der Waals surface area contributed by atoms with Gasteiger partial charge in [0.05, 0.1) is 10.6 Å². The van der Waals surface area contributed by atoms with Crippen LogP contribution in [0.4, 0.5) is 5.69 Å². The number of anilines is 1. The maximum Gasteiger partial charge on any atom is 0.329 e. The molecule has 0 fully saturated rings. The average molecular weight is 513 g/mol. The van der Waals surface area contributed by atoms with E-state index < -0.39 is 30.4 Å². The van der Waals surface area contributed by atoms with Gasteiger partial charge in [-0.25, -0.2) is 4.79 Å². The van der Waals surface area contributed by atoms with Crippen LogP contribution in [0.2, 0.25) is 10.0 Å². The van der Waals surface area contributed by atoms with Gasteiger partial charge in [-0.3, -0.25) is 9.59 Å². The number of hydrogen-bond donors (Lipinski definition) is 2. The number of carbonyl (C=O) groups excluding carboxylic acids is 3. The molecule has 0 spiro atoms. The molecule has 2 N–H and O–H groups in total. The zero-order chi connectivity index (χ0) is 23.8. The molecule has 1 atom stereocenters. The third-order valence-corrected chi connectivity index (χ3v) is 5.74. The number of nitrogens with one attached hydrogen (secondary N) is 2. The van der Waals surface area contributed by atoms with Gasteiger partial charge in [-0.2, -0.15) is 11.8 Å². The van der Waals surface area contributed by atoms with Gasteiger partial charge in [-0.1, -0.05) is 23.2 Å². The topological polar surface area (TPSA) is 103 Å². The Morgan fingerprint density at radius 1 is 1.09 bits per heavy atom. The standard InChI is InChI=1S/C22H22Cl2N2O6S/c1-33-9-6-17(26-21(28)15-4-2-13(23)10-16(15)24)22(29)32-12-20(27)25-14-3-5-18-19(11-14)31-8-7-30-18/h2-5,10-11,17H,6-9,12H2,1H3,(H,25,27)(H,26,28). The van der Waals surface area contributed by atoms with Crippen LogP contribution in [0.15, 0.2) is 36.4 Å². The number of benzene rings is 2. The van der Waals surface area contributed by atoms with Gasteiger partial charge in [0.15, 0.2) is 18.1 Å². The molecule has 8 nitrogen and oxygen atoms in total. The number of esters is 1. The van der Waals surface area contributed by atoms with E-state index in [2.05, 4.69) is 10.6 Å². The summed E-state index contributed by atoms with van der Waals surface area (Å²) in [5.41, 5.74) is 0.657. The molecular formula is C22H22Cl2N2O6S. The Labute approximate surface area is 205 Å². The predicted molar refractivity (Wildman–Crippen MR) is 128 cm³/mol. The summed E-state index contributed by atoms with van der Waals surface area (Å²) in [6.45, 7) is 0.375. The highest BCUT2D eigenvalue weighted by atomic mass is 35.5. The Morgan fingerprint density at radius 2 is 1.85 bits per heavy atom. The molecule has 0 aliphatic carbocycles. The Hall–Kier alpha value is -2.62. The van der Waals surface area contributed by atoms with E-state index in [1.807, 2.05) is 6.26 Å². The minimum Gasteiger partial charge on any atom is -0.486 e. The van der Waals surface area contributed by atoms with Gasteiger partial charge in [0, 0.05) is 16.8 Å². The number of hydrogen-bond acceptors (Lipinski definition) is 7. The molecule has 2 aromatic rings. The fraction of sp³-hybridized carbons (Fsp3) is 0.318. The van der Waals surface area contributed by atoms with E-state index in [9.17, 15) is 14.4 Å². The largest absolute Gasteiger partial charge is 0.486 e. The fourth-order valence-electron chi connectivity index (χ4n) is 2.95. The molecule has 3 rings (SSSR count). The van der Waals surface area contributed by atoms with Crippen molar-refractivity contribution in [1.82, 2.24) is 5.32 Å². The summed E-state index contributed by atoms with van der Waals surface area (Å²) in [5.74, 6) is -0.0794. The number of thioether (sulfide) groups is 1. The van der Waals surface area contributed by atoms with Crippen molar-refractivity contribution in [2.75, 3.05) is 37.1 Å². The molecule has 1 unspecified atom stereocenters. The lowest BCUT2D eigenvalue weighted by Crippen LogP contribution is -2.43. The molecule has 33 heavy (non-hydrogen) atoms. The van der Waals surface area contributed by atoms with Crippen LogP contribution in [0.1, 0.15) is 16.8 Å². The van der Waals surface area contributed by atoms with Gasteiger partial charge in [0.2, 0.25) is 0 Å². The molecule has 0 saturated heterocycles. The van der Waals surface area contributed by atoms with Gasteiger partial charge < -0.3 is 24.8 Å². The van der Waals surface area contributed by atoms with Crippen molar-refractivity contribution >= 4 is 58.4 Å². The molecule has 1 aliphatic heterocycles. The minimum absolute atomic E-state index is 0.163. The summed E-state index contributed by atoms with van der Waals surface area (Å²) in [6, 6.07) is 8.47. The quantitative estimate of drug-likeness (QED) is 0.492.